The standard InChI is InChI=1S/C17H16ClN3OS/c1-11-2-7-14-15(8-11)21-17(20-14)23-10-16(22)19-9-12-3-5-13(18)6-4-12/h2-8H,9-10H2,1H3,(H,19,22)(H,20,21). The topological polar surface area (TPSA) is 57.8 Å². The lowest BCUT2D eigenvalue weighted by atomic mass is 10.2. The van der Waals surface area contributed by atoms with Crippen molar-refractivity contribution < 1.29 is 4.79 Å². The molecule has 3 rings (SSSR count). The van der Waals surface area contributed by atoms with Crippen LogP contribution in [0.3, 0.4) is 0 Å². The highest BCUT2D eigenvalue weighted by Gasteiger charge is 2.07. The van der Waals surface area contributed by atoms with Gasteiger partial charge in [-0.15, -0.1) is 0 Å². The maximum Gasteiger partial charge on any atom is 0.230 e. The molecule has 0 saturated carbocycles. The molecular weight excluding hydrogens is 330 g/mol. The number of halogens is 1. The fourth-order valence-electron chi connectivity index (χ4n) is 2.16. The maximum atomic E-state index is 11.9. The number of fused-ring (bicyclic) bond motifs is 1. The van der Waals surface area contributed by atoms with E-state index in [9.17, 15) is 4.79 Å². The Bertz CT molecular complexity index is 829. The third kappa shape index (κ3) is 4.27. The van der Waals surface area contributed by atoms with Crippen LogP contribution in [0.2, 0.25) is 5.02 Å². The van der Waals surface area contributed by atoms with Gasteiger partial charge in [0.1, 0.15) is 0 Å². The summed E-state index contributed by atoms with van der Waals surface area (Å²) in [6.07, 6.45) is 0. The second-order valence-electron chi connectivity index (χ2n) is 5.25. The smallest absolute Gasteiger partial charge is 0.230 e. The molecule has 0 radical (unpaired) electrons. The van der Waals surface area contributed by atoms with Gasteiger partial charge in [-0.05, 0) is 42.3 Å². The molecule has 0 bridgehead atoms. The van der Waals surface area contributed by atoms with Crippen LogP contribution in [0, 0.1) is 6.92 Å². The van der Waals surface area contributed by atoms with Crippen LogP contribution >= 0.6 is 23.4 Å². The molecule has 1 amide bonds. The number of H-pyrrole nitrogens is 1. The van der Waals surface area contributed by atoms with Gasteiger partial charge >= 0.3 is 0 Å². The molecule has 1 heterocycles. The predicted octanol–water partition coefficient (Wildman–Crippen LogP) is 3.93. The summed E-state index contributed by atoms with van der Waals surface area (Å²) in [7, 11) is 0. The Labute approximate surface area is 143 Å². The van der Waals surface area contributed by atoms with Gasteiger partial charge in [0.05, 0.1) is 16.8 Å². The number of imidazole rings is 1. The molecule has 0 fully saturated rings. The first-order chi connectivity index (χ1) is 11.1. The van der Waals surface area contributed by atoms with Crippen LogP contribution in [0.15, 0.2) is 47.6 Å². The third-order valence-corrected chi connectivity index (χ3v) is 4.48. The first-order valence-electron chi connectivity index (χ1n) is 7.20. The maximum absolute atomic E-state index is 11.9. The van der Waals surface area contributed by atoms with Gasteiger partial charge in [-0.3, -0.25) is 4.79 Å². The molecule has 0 spiro atoms. The van der Waals surface area contributed by atoms with Crippen molar-refractivity contribution in [2.75, 3.05) is 5.75 Å². The fourth-order valence-corrected chi connectivity index (χ4v) is 3.00. The molecule has 6 heteroatoms. The Kier molecular flexibility index (Phi) is 4.88. The Morgan fingerprint density at radius 2 is 2.04 bits per heavy atom. The van der Waals surface area contributed by atoms with E-state index in [4.69, 9.17) is 11.6 Å². The average molecular weight is 346 g/mol. The molecule has 4 nitrogen and oxygen atoms in total. The van der Waals surface area contributed by atoms with Gasteiger partial charge in [-0.25, -0.2) is 4.98 Å². The second kappa shape index (κ2) is 7.06. The molecule has 1 aromatic heterocycles. The van der Waals surface area contributed by atoms with Crippen LogP contribution in [0.4, 0.5) is 0 Å². The SMILES string of the molecule is Cc1ccc2nc(SCC(=O)NCc3ccc(Cl)cc3)[nH]c2c1. The summed E-state index contributed by atoms with van der Waals surface area (Å²) in [5.41, 5.74) is 4.11. The number of carbonyl (C=O) groups excluding carboxylic acids is 1. The van der Waals surface area contributed by atoms with E-state index in [1.807, 2.05) is 49.4 Å². The van der Waals surface area contributed by atoms with Crippen LogP contribution in [0.5, 0.6) is 0 Å². The molecule has 0 unspecified atom stereocenters. The van der Waals surface area contributed by atoms with Crippen LogP contribution < -0.4 is 5.32 Å². The highest BCUT2D eigenvalue weighted by atomic mass is 35.5. The Hall–Kier alpha value is -1.98. The van der Waals surface area contributed by atoms with Crippen molar-refractivity contribution in [2.24, 2.45) is 0 Å². The minimum absolute atomic E-state index is 0.0263. The summed E-state index contributed by atoms with van der Waals surface area (Å²) in [4.78, 5) is 19.6. The fraction of sp³-hybridized carbons (Fsp3) is 0.176. The number of aromatic nitrogens is 2. The van der Waals surface area contributed by atoms with E-state index in [1.54, 1.807) is 0 Å². The van der Waals surface area contributed by atoms with E-state index in [0.29, 0.717) is 17.3 Å². The molecule has 0 atom stereocenters. The van der Waals surface area contributed by atoms with Crippen molar-refractivity contribution >= 4 is 40.3 Å². The number of aromatic amines is 1. The largest absolute Gasteiger partial charge is 0.351 e. The number of rotatable bonds is 5. The van der Waals surface area contributed by atoms with Gasteiger partial charge in [0.25, 0.3) is 0 Å². The molecule has 0 saturated heterocycles. The number of nitrogens with one attached hydrogen (secondary N) is 2. The van der Waals surface area contributed by atoms with E-state index < -0.39 is 0 Å². The molecule has 2 N–H and O–H groups in total. The van der Waals surface area contributed by atoms with E-state index in [-0.39, 0.29) is 5.91 Å². The van der Waals surface area contributed by atoms with Crippen LogP contribution in [0.25, 0.3) is 11.0 Å². The highest BCUT2D eigenvalue weighted by Crippen LogP contribution is 2.20. The molecule has 118 valence electrons. The molecular formula is C17H16ClN3OS. The number of aryl methyl sites for hydroxylation is 1. The summed E-state index contributed by atoms with van der Waals surface area (Å²) in [5.74, 6) is 0.299. The first-order valence-corrected chi connectivity index (χ1v) is 8.57. The van der Waals surface area contributed by atoms with E-state index >= 15 is 0 Å². The predicted molar refractivity (Wildman–Crippen MR) is 94.9 cm³/mol. The molecule has 2 aromatic carbocycles. The molecule has 23 heavy (non-hydrogen) atoms. The molecule has 0 aliphatic rings. The molecule has 0 aliphatic carbocycles. The van der Waals surface area contributed by atoms with Gasteiger partial charge in [0, 0.05) is 11.6 Å². The van der Waals surface area contributed by atoms with Crippen molar-refractivity contribution in [2.45, 2.75) is 18.6 Å². The van der Waals surface area contributed by atoms with Gasteiger partial charge in [-0.1, -0.05) is 41.6 Å². The normalized spacial score (nSPS) is 10.9. The van der Waals surface area contributed by atoms with Crippen molar-refractivity contribution in [1.29, 1.82) is 0 Å². The highest BCUT2D eigenvalue weighted by molar-refractivity contribution is 7.99. The Morgan fingerprint density at radius 3 is 2.83 bits per heavy atom. The number of hydrogen-bond acceptors (Lipinski definition) is 3. The van der Waals surface area contributed by atoms with Crippen LogP contribution in [-0.2, 0) is 11.3 Å². The van der Waals surface area contributed by atoms with E-state index in [1.165, 1.54) is 17.3 Å². The molecule has 0 aliphatic heterocycles. The lowest BCUT2D eigenvalue weighted by Crippen LogP contribution is -2.24. The van der Waals surface area contributed by atoms with Crippen molar-refractivity contribution in [3.8, 4) is 0 Å². The zero-order valence-electron chi connectivity index (χ0n) is 12.6. The van der Waals surface area contributed by atoms with Gasteiger partial charge in [0.2, 0.25) is 5.91 Å². The Morgan fingerprint density at radius 1 is 1.26 bits per heavy atom. The van der Waals surface area contributed by atoms with Gasteiger partial charge in [-0.2, -0.15) is 0 Å². The molecule has 3 aromatic rings. The summed E-state index contributed by atoms with van der Waals surface area (Å²) in [5, 5.41) is 4.33. The third-order valence-electron chi connectivity index (χ3n) is 3.36. The quantitative estimate of drug-likeness (QED) is 0.689. The monoisotopic (exact) mass is 345 g/mol. The van der Waals surface area contributed by atoms with Crippen LogP contribution in [0.1, 0.15) is 11.1 Å². The Balaban J connectivity index is 1.52. The number of carbonyl (C=O) groups is 1. The van der Waals surface area contributed by atoms with Gasteiger partial charge in [0.15, 0.2) is 5.16 Å². The van der Waals surface area contributed by atoms with E-state index in [0.717, 1.165) is 21.8 Å². The van der Waals surface area contributed by atoms with Gasteiger partial charge < -0.3 is 10.3 Å². The minimum Gasteiger partial charge on any atom is -0.351 e. The lowest BCUT2D eigenvalue weighted by Gasteiger charge is -2.04. The second-order valence-corrected chi connectivity index (χ2v) is 6.65. The van der Waals surface area contributed by atoms with Crippen molar-refractivity contribution in [3.05, 3.63) is 58.6 Å². The van der Waals surface area contributed by atoms with Crippen molar-refractivity contribution in [1.82, 2.24) is 15.3 Å². The van der Waals surface area contributed by atoms with Crippen molar-refractivity contribution in [3.63, 3.8) is 0 Å². The minimum atomic E-state index is -0.0263. The summed E-state index contributed by atoms with van der Waals surface area (Å²) in [6, 6.07) is 13.5. The lowest BCUT2D eigenvalue weighted by molar-refractivity contribution is -0.118. The average Bonchev–Trinajstić information content (AvgIpc) is 2.94. The number of hydrogen-bond donors (Lipinski definition) is 2. The zero-order valence-corrected chi connectivity index (χ0v) is 14.2. The van der Waals surface area contributed by atoms with E-state index in [2.05, 4.69) is 15.3 Å². The zero-order chi connectivity index (χ0) is 16.2. The number of benzene rings is 2. The summed E-state index contributed by atoms with van der Waals surface area (Å²) >= 11 is 7.23. The first kappa shape index (κ1) is 15.9. The summed E-state index contributed by atoms with van der Waals surface area (Å²) in [6.45, 7) is 2.53. The number of amides is 1. The number of nitrogens with zero attached hydrogens (tertiary/aromatic N) is 1. The number of thioether (sulfide) groups is 1. The van der Waals surface area contributed by atoms with Crippen LogP contribution in [-0.4, -0.2) is 21.6 Å². The summed E-state index contributed by atoms with van der Waals surface area (Å²) < 4.78 is 0.